The monoisotopic (exact) mass is 279 g/mol. The molecule has 0 bridgehead atoms. The summed E-state index contributed by atoms with van der Waals surface area (Å²) in [4.78, 5) is 2.59. The minimum atomic E-state index is 0.903. The van der Waals surface area contributed by atoms with E-state index in [4.69, 9.17) is 0 Å². The third-order valence-corrected chi connectivity index (χ3v) is 4.56. The number of likely N-dealkylation sites (tertiary alicyclic amines) is 1. The summed E-state index contributed by atoms with van der Waals surface area (Å²) in [5.74, 6) is 0.903. The van der Waals surface area contributed by atoms with Gasteiger partial charge < -0.3 is 0 Å². The summed E-state index contributed by atoms with van der Waals surface area (Å²) < 4.78 is 0. The summed E-state index contributed by atoms with van der Waals surface area (Å²) in [6.07, 6.45) is 2.69. The van der Waals surface area contributed by atoms with Gasteiger partial charge in [-0.15, -0.1) is 0 Å². The molecular weight excluding hydrogens is 254 g/mol. The van der Waals surface area contributed by atoms with Gasteiger partial charge in [0, 0.05) is 6.54 Å². The van der Waals surface area contributed by atoms with Crippen LogP contribution in [-0.2, 0) is 6.54 Å². The van der Waals surface area contributed by atoms with Crippen molar-refractivity contribution in [2.24, 2.45) is 5.92 Å². The molecule has 0 spiro atoms. The molecule has 1 fully saturated rings. The number of rotatable bonds is 3. The Kier molecular flexibility index (Phi) is 4.40. The molecule has 0 aromatic heterocycles. The van der Waals surface area contributed by atoms with Crippen LogP contribution in [0.1, 0.15) is 30.9 Å². The van der Waals surface area contributed by atoms with E-state index in [1.54, 1.807) is 0 Å². The van der Waals surface area contributed by atoms with Crippen LogP contribution < -0.4 is 0 Å². The molecule has 0 N–H and O–H groups in total. The van der Waals surface area contributed by atoms with Crippen LogP contribution in [0.25, 0.3) is 11.1 Å². The molecule has 1 saturated heterocycles. The highest BCUT2D eigenvalue weighted by Gasteiger charge is 2.15. The van der Waals surface area contributed by atoms with Gasteiger partial charge in [0.25, 0.3) is 0 Å². The fraction of sp³-hybridized carbons (Fsp3) is 0.400. The van der Waals surface area contributed by atoms with Crippen LogP contribution in [0.15, 0.2) is 48.5 Å². The van der Waals surface area contributed by atoms with Gasteiger partial charge >= 0.3 is 0 Å². The van der Waals surface area contributed by atoms with Crippen LogP contribution in [0, 0.1) is 12.8 Å². The molecule has 2 aromatic carbocycles. The van der Waals surface area contributed by atoms with Crippen molar-refractivity contribution in [2.75, 3.05) is 13.1 Å². The lowest BCUT2D eigenvalue weighted by Crippen LogP contribution is -2.32. The first-order valence-corrected chi connectivity index (χ1v) is 8.09. The quantitative estimate of drug-likeness (QED) is 0.773. The molecule has 1 aliphatic rings. The Labute approximate surface area is 128 Å². The van der Waals surface area contributed by atoms with Crippen molar-refractivity contribution in [2.45, 2.75) is 33.2 Å². The van der Waals surface area contributed by atoms with E-state index in [1.165, 1.54) is 48.2 Å². The van der Waals surface area contributed by atoms with Crippen molar-refractivity contribution in [3.8, 4) is 11.1 Å². The van der Waals surface area contributed by atoms with Crippen molar-refractivity contribution in [3.05, 3.63) is 59.7 Å². The van der Waals surface area contributed by atoms with Crippen LogP contribution in [0.2, 0.25) is 0 Å². The van der Waals surface area contributed by atoms with Gasteiger partial charge in [-0.25, -0.2) is 0 Å². The lowest BCUT2D eigenvalue weighted by atomic mass is 9.98. The highest BCUT2D eigenvalue weighted by Crippen LogP contribution is 2.23. The molecular formula is C20H25N. The van der Waals surface area contributed by atoms with E-state index in [9.17, 15) is 0 Å². The molecule has 1 aliphatic heterocycles. The Balaban J connectivity index is 1.74. The van der Waals surface area contributed by atoms with Crippen molar-refractivity contribution >= 4 is 0 Å². The lowest BCUT2D eigenvalue weighted by Gasteiger charge is -2.30. The van der Waals surface area contributed by atoms with E-state index in [0.29, 0.717) is 0 Å². The maximum absolute atomic E-state index is 2.59. The number of nitrogens with zero attached hydrogens (tertiary/aromatic N) is 1. The summed E-state index contributed by atoms with van der Waals surface area (Å²) >= 11 is 0. The van der Waals surface area contributed by atoms with Gasteiger partial charge in [-0.3, -0.25) is 4.90 Å². The molecule has 0 radical (unpaired) electrons. The smallest absolute Gasteiger partial charge is 0.0233 e. The maximum Gasteiger partial charge on any atom is 0.0233 e. The van der Waals surface area contributed by atoms with Gasteiger partial charge in [-0.05, 0) is 61.5 Å². The first kappa shape index (κ1) is 14.3. The zero-order valence-electron chi connectivity index (χ0n) is 13.2. The predicted octanol–water partition coefficient (Wildman–Crippen LogP) is 4.89. The van der Waals surface area contributed by atoms with Crippen LogP contribution in [0.5, 0.6) is 0 Å². The molecule has 21 heavy (non-hydrogen) atoms. The SMILES string of the molecule is Cc1cccc(-c2cccc(CN3CCC(C)CC3)c2)c1. The number of benzene rings is 2. The second kappa shape index (κ2) is 6.44. The summed E-state index contributed by atoms with van der Waals surface area (Å²) in [5.41, 5.74) is 5.41. The van der Waals surface area contributed by atoms with Gasteiger partial charge in [0.1, 0.15) is 0 Å². The van der Waals surface area contributed by atoms with Gasteiger partial charge in [0.05, 0.1) is 0 Å². The number of hydrogen-bond donors (Lipinski definition) is 0. The lowest BCUT2D eigenvalue weighted by molar-refractivity contribution is 0.185. The first-order chi connectivity index (χ1) is 10.2. The Morgan fingerprint density at radius 1 is 0.952 bits per heavy atom. The van der Waals surface area contributed by atoms with Crippen molar-refractivity contribution in [1.29, 1.82) is 0 Å². The summed E-state index contributed by atoms with van der Waals surface area (Å²) in [7, 11) is 0. The van der Waals surface area contributed by atoms with Gasteiger partial charge in [0.15, 0.2) is 0 Å². The van der Waals surface area contributed by atoms with Crippen molar-refractivity contribution < 1.29 is 0 Å². The third kappa shape index (κ3) is 3.74. The summed E-state index contributed by atoms with van der Waals surface area (Å²) in [6.45, 7) is 8.11. The molecule has 1 nitrogen and oxygen atoms in total. The van der Waals surface area contributed by atoms with Gasteiger partial charge in [0.2, 0.25) is 0 Å². The fourth-order valence-corrected chi connectivity index (χ4v) is 3.15. The second-order valence-corrected chi connectivity index (χ2v) is 6.53. The minimum absolute atomic E-state index is 0.903. The largest absolute Gasteiger partial charge is 0.299 e. The van der Waals surface area contributed by atoms with Crippen LogP contribution in [0.4, 0.5) is 0 Å². The van der Waals surface area contributed by atoms with E-state index in [1.807, 2.05) is 0 Å². The molecule has 0 saturated carbocycles. The molecule has 0 amide bonds. The summed E-state index contributed by atoms with van der Waals surface area (Å²) in [5, 5.41) is 0. The average molecular weight is 279 g/mol. The van der Waals surface area contributed by atoms with E-state index in [-0.39, 0.29) is 0 Å². The second-order valence-electron chi connectivity index (χ2n) is 6.53. The molecule has 0 aliphatic carbocycles. The van der Waals surface area contributed by atoms with Crippen LogP contribution in [0.3, 0.4) is 0 Å². The predicted molar refractivity (Wildman–Crippen MR) is 90.3 cm³/mol. The molecule has 1 heterocycles. The Bertz CT molecular complexity index is 594. The van der Waals surface area contributed by atoms with Gasteiger partial charge in [-0.1, -0.05) is 55.0 Å². The normalized spacial score (nSPS) is 17.0. The number of piperidine rings is 1. The molecule has 1 heteroatoms. The zero-order chi connectivity index (χ0) is 14.7. The number of hydrogen-bond acceptors (Lipinski definition) is 1. The molecule has 2 aromatic rings. The number of aryl methyl sites for hydroxylation is 1. The average Bonchev–Trinajstić information content (AvgIpc) is 2.50. The van der Waals surface area contributed by atoms with E-state index in [0.717, 1.165) is 12.5 Å². The molecule has 110 valence electrons. The van der Waals surface area contributed by atoms with Crippen LogP contribution in [-0.4, -0.2) is 18.0 Å². The standard InChI is InChI=1S/C20H25N/c1-16-9-11-21(12-10-16)15-18-6-4-8-20(14-18)19-7-3-5-17(2)13-19/h3-8,13-14,16H,9-12,15H2,1-2H3. The molecule has 3 rings (SSSR count). The molecule has 0 unspecified atom stereocenters. The first-order valence-electron chi connectivity index (χ1n) is 8.09. The highest BCUT2D eigenvalue weighted by atomic mass is 15.1. The van der Waals surface area contributed by atoms with E-state index >= 15 is 0 Å². The highest BCUT2D eigenvalue weighted by molar-refractivity contribution is 5.64. The Morgan fingerprint density at radius 2 is 1.62 bits per heavy atom. The van der Waals surface area contributed by atoms with E-state index < -0.39 is 0 Å². The van der Waals surface area contributed by atoms with Crippen molar-refractivity contribution in [1.82, 2.24) is 4.90 Å². The zero-order valence-corrected chi connectivity index (χ0v) is 13.2. The maximum atomic E-state index is 2.59. The van der Waals surface area contributed by atoms with Crippen molar-refractivity contribution in [3.63, 3.8) is 0 Å². The van der Waals surface area contributed by atoms with E-state index in [2.05, 4.69) is 67.3 Å². The topological polar surface area (TPSA) is 3.24 Å². The summed E-state index contributed by atoms with van der Waals surface area (Å²) in [6, 6.07) is 17.8. The molecule has 0 atom stereocenters. The Hall–Kier alpha value is -1.60. The van der Waals surface area contributed by atoms with Gasteiger partial charge in [-0.2, -0.15) is 0 Å². The Morgan fingerprint density at radius 3 is 2.33 bits per heavy atom. The minimum Gasteiger partial charge on any atom is -0.299 e. The van der Waals surface area contributed by atoms with Crippen LogP contribution >= 0.6 is 0 Å². The fourth-order valence-electron chi connectivity index (χ4n) is 3.15. The third-order valence-electron chi connectivity index (χ3n) is 4.56.